The Hall–Kier alpha value is -1.31. The summed E-state index contributed by atoms with van der Waals surface area (Å²) in [6.07, 6.45) is 7.89. The fourth-order valence-electron chi connectivity index (χ4n) is 3.99. The van der Waals surface area contributed by atoms with E-state index in [1.54, 1.807) is 0 Å². The van der Waals surface area contributed by atoms with Crippen molar-refractivity contribution < 1.29 is 4.79 Å². The Balaban J connectivity index is 1.45. The standard InChI is InChI=1S/C17H23NO/c18-16-6-2-12(3-7-16)4-8-17(19)11-15-10-13-1-5-14(15)9-13/h2-3,6-7,13-15H,1,4-5,8-11,18H2. The van der Waals surface area contributed by atoms with Crippen molar-refractivity contribution in [2.75, 3.05) is 5.73 Å². The smallest absolute Gasteiger partial charge is 0.133 e. The van der Waals surface area contributed by atoms with Crippen LogP contribution in [0.25, 0.3) is 0 Å². The molecule has 0 spiro atoms. The van der Waals surface area contributed by atoms with Crippen LogP contribution in [0.2, 0.25) is 0 Å². The lowest BCUT2D eigenvalue weighted by Crippen LogP contribution is -2.15. The Kier molecular flexibility index (Phi) is 3.58. The zero-order valence-electron chi connectivity index (χ0n) is 11.5. The molecule has 0 aliphatic heterocycles. The first-order valence-electron chi connectivity index (χ1n) is 7.57. The predicted molar refractivity (Wildman–Crippen MR) is 77.7 cm³/mol. The van der Waals surface area contributed by atoms with E-state index in [1.165, 1.54) is 31.2 Å². The molecule has 0 saturated heterocycles. The second kappa shape index (κ2) is 5.36. The first kappa shape index (κ1) is 12.7. The molecule has 2 N–H and O–H groups in total. The number of nitrogen functional groups attached to an aromatic ring is 1. The quantitative estimate of drug-likeness (QED) is 0.819. The molecule has 0 amide bonds. The Morgan fingerprint density at radius 3 is 2.58 bits per heavy atom. The van der Waals surface area contributed by atoms with E-state index in [4.69, 9.17) is 5.73 Å². The average molecular weight is 257 g/mol. The molecule has 1 aromatic rings. The van der Waals surface area contributed by atoms with Gasteiger partial charge in [0, 0.05) is 18.5 Å². The molecule has 3 unspecified atom stereocenters. The van der Waals surface area contributed by atoms with Crippen LogP contribution in [0.1, 0.15) is 44.1 Å². The molecule has 2 heteroatoms. The Morgan fingerprint density at radius 2 is 1.95 bits per heavy atom. The van der Waals surface area contributed by atoms with Crippen LogP contribution in [-0.4, -0.2) is 5.78 Å². The number of aryl methyl sites for hydroxylation is 1. The van der Waals surface area contributed by atoms with Crippen molar-refractivity contribution in [1.82, 2.24) is 0 Å². The van der Waals surface area contributed by atoms with E-state index in [0.717, 1.165) is 30.4 Å². The van der Waals surface area contributed by atoms with E-state index < -0.39 is 0 Å². The van der Waals surface area contributed by atoms with Crippen molar-refractivity contribution >= 4 is 11.5 Å². The second-order valence-corrected chi connectivity index (χ2v) is 6.42. The highest BCUT2D eigenvalue weighted by atomic mass is 16.1. The van der Waals surface area contributed by atoms with Gasteiger partial charge in [-0.25, -0.2) is 0 Å². The maximum Gasteiger partial charge on any atom is 0.133 e. The number of carbonyl (C=O) groups is 1. The van der Waals surface area contributed by atoms with Crippen molar-refractivity contribution in [1.29, 1.82) is 0 Å². The van der Waals surface area contributed by atoms with Gasteiger partial charge in [0.1, 0.15) is 5.78 Å². The van der Waals surface area contributed by atoms with Crippen LogP contribution in [-0.2, 0) is 11.2 Å². The highest BCUT2D eigenvalue weighted by molar-refractivity contribution is 5.79. The van der Waals surface area contributed by atoms with Crippen LogP contribution in [0.15, 0.2) is 24.3 Å². The third kappa shape index (κ3) is 2.99. The third-order valence-corrected chi connectivity index (χ3v) is 5.05. The molecule has 3 atom stereocenters. The van der Waals surface area contributed by atoms with E-state index in [9.17, 15) is 4.79 Å². The lowest BCUT2D eigenvalue weighted by Gasteiger charge is -2.20. The van der Waals surface area contributed by atoms with Gasteiger partial charge in [-0.05, 0) is 61.1 Å². The zero-order chi connectivity index (χ0) is 13.2. The van der Waals surface area contributed by atoms with E-state index in [1.807, 2.05) is 24.3 Å². The number of carbonyl (C=O) groups excluding carboxylic acids is 1. The Labute approximate surface area is 115 Å². The summed E-state index contributed by atoms with van der Waals surface area (Å²) >= 11 is 0. The van der Waals surface area contributed by atoms with Crippen molar-refractivity contribution in [3.63, 3.8) is 0 Å². The maximum atomic E-state index is 12.1. The molecule has 1 aromatic carbocycles. The minimum atomic E-state index is 0.453. The van der Waals surface area contributed by atoms with Gasteiger partial charge in [0.15, 0.2) is 0 Å². The van der Waals surface area contributed by atoms with Crippen molar-refractivity contribution in [2.24, 2.45) is 17.8 Å². The molecule has 3 rings (SSSR count). The summed E-state index contributed by atoms with van der Waals surface area (Å²) < 4.78 is 0. The number of rotatable bonds is 5. The number of ketones is 1. The molecule has 19 heavy (non-hydrogen) atoms. The van der Waals surface area contributed by atoms with Crippen molar-refractivity contribution in [2.45, 2.75) is 44.9 Å². The molecule has 2 bridgehead atoms. The van der Waals surface area contributed by atoms with E-state index in [2.05, 4.69) is 0 Å². The van der Waals surface area contributed by atoms with Crippen LogP contribution >= 0.6 is 0 Å². The minimum absolute atomic E-state index is 0.453. The van der Waals surface area contributed by atoms with Crippen molar-refractivity contribution in [3.8, 4) is 0 Å². The Bertz CT molecular complexity index is 451. The zero-order valence-corrected chi connectivity index (χ0v) is 11.5. The molecule has 2 saturated carbocycles. The summed E-state index contributed by atoms with van der Waals surface area (Å²) in [4.78, 5) is 12.1. The Morgan fingerprint density at radius 1 is 1.16 bits per heavy atom. The molecular weight excluding hydrogens is 234 g/mol. The number of hydrogen-bond acceptors (Lipinski definition) is 2. The molecule has 0 radical (unpaired) electrons. The lowest BCUT2D eigenvalue weighted by atomic mass is 9.84. The van der Waals surface area contributed by atoms with Gasteiger partial charge in [0.25, 0.3) is 0 Å². The minimum Gasteiger partial charge on any atom is -0.399 e. The molecule has 2 nitrogen and oxygen atoms in total. The van der Waals surface area contributed by atoms with Gasteiger partial charge in [-0.15, -0.1) is 0 Å². The molecule has 2 aliphatic carbocycles. The maximum absolute atomic E-state index is 12.1. The summed E-state index contributed by atoms with van der Waals surface area (Å²) in [6, 6.07) is 7.88. The SMILES string of the molecule is Nc1ccc(CCC(=O)CC2CC3CCC2C3)cc1. The lowest BCUT2D eigenvalue weighted by molar-refractivity contribution is -0.120. The summed E-state index contributed by atoms with van der Waals surface area (Å²) in [5, 5.41) is 0. The van der Waals surface area contributed by atoms with Crippen molar-refractivity contribution in [3.05, 3.63) is 29.8 Å². The molecule has 2 aliphatic rings. The first-order valence-corrected chi connectivity index (χ1v) is 7.57. The van der Waals surface area contributed by atoms with E-state index in [-0.39, 0.29) is 0 Å². The number of anilines is 1. The summed E-state index contributed by atoms with van der Waals surface area (Å²) in [6.45, 7) is 0. The van der Waals surface area contributed by atoms with Gasteiger partial charge < -0.3 is 5.73 Å². The van der Waals surface area contributed by atoms with Crippen LogP contribution < -0.4 is 5.73 Å². The van der Waals surface area contributed by atoms with Crippen LogP contribution in [0.4, 0.5) is 5.69 Å². The fraction of sp³-hybridized carbons (Fsp3) is 0.588. The summed E-state index contributed by atoms with van der Waals surface area (Å²) in [5.41, 5.74) is 7.67. The number of hydrogen-bond donors (Lipinski definition) is 1. The van der Waals surface area contributed by atoms with Gasteiger partial charge in [-0.1, -0.05) is 18.6 Å². The largest absolute Gasteiger partial charge is 0.399 e. The average Bonchev–Trinajstić information content (AvgIpc) is 3.00. The fourth-order valence-corrected chi connectivity index (χ4v) is 3.99. The highest BCUT2D eigenvalue weighted by Gasteiger charge is 2.39. The second-order valence-electron chi connectivity index (χ2n) is 6.42. The number of benzene rings is 1. The molecule has 102 valence electrons. The molecule has 0 heterocycles. The topological polar surface area (TPSA) is 43.1 Å². The van der Waals surface area contributed by atoms with Crippen LogP contribution in [0.3, 0.4) is 0 Å². The third-order valence-electron chi connectivity index (χ3n) is 5.05. The predicted octanol–water partition coefficient (Wildman–Crippen LogP) is 3.60. The van der Waals surface area contributed by atoms with Gasteiger partial charge in [0.2, 0.25) is 0 Å². The van der Waals surface area contributed by atoms with E-state index in [0.29, 0.717) is 18.1 Å². The van der Waals surface area contributed by atoms with Crippen LogP contribution in [0.5, 0.6) is 0 Å². The summed E-state index contributed by atoms with van der Waals surface area (Å²) in [5.74, 6) is 2.97. The molecule has 2 fully saturated rings. The molecular formula is C17H23NO. The first-order chi connectivity index (χ1) is 9.20. The number of Topliss-reactive ketones (excluding diaryl/α,β-unsaturated/α-hetero) is 1. The van der Waals surface area contributed by atoms with Gasteiger partial charge >= 0.3 is 0 Å². The van der Waals surface area contributed by atoms with Gasteiger partial charge in [-0.3, -0.25) is 4.79 Å². The highest BCUT2D eigenvalue weighted by Crippen LogP contribution is 2.49. The number of fused-ring (bicyclic) bond motifs is 2. The number of nitrogens with two attached hydrogens (primary N) is 1. The van der Waals surface area contributed by atoms with Gasteiger partial charge in [0.05, 0.1) is 0 Å². The van der Waals surface area contributed by atoms with E-state index >= 15 is 0 Å². The van der Waals surface area contributed by atoms with Gasteiger partial charge in [-0.2, -0.15) is 0 Å². The molecule has 0 aromatic heterocycles. The monoisotopic (exact) mass is 257 g/mol. The normalized spacial score (nSPS) is 28.7. The van der Waals surface area contributed by atoms with Crippen LogP contribution in [0, 0.1) is 17.8 Å². The summed E-state index contributed by atoms with van der Waals surface area (Å²) in [7, 11) is 0.